The van der Waals surface area contributed by atoms with Gasteiger partial charge in [0.25, 0.3) is 5.89 Å². The van der Waals surface area contributed by atoms with E-state index < -0.39 is 0 Å². The highest BCUT2D eigenvalue weighted by molar-refractivity contribution is 5.85. The molecular formula is C10H15ClN6O. The number of hydrogen-bond acceptors (Lipinski definition) is 6. The molecule has 0 amide bonds. The van der Waals surface area contributed by atoms with Gasteiger partial charge < -0.3 is 9.84 Å². The van der Waals surface area contributed by atoms with Gasteiger partial charge in [0.2, 0.25) is 5.82 Å². The second kappa shape index (κ2) is 5.45. The largest absolute Gasteiger partial charge is 0.330 e. The number of aryl methyl sites for hydroxylation is 1. The van der Waals surface area contributed by atoms with Gasteiger partial charge in [-0.3, -0.25) is 0 Å². The summed E-state index contributed by atoms with van der Waals surface area (Å²) >= 11 is 0. The van der Waals surface area contributed by atoms with Crippen molar-refractivity contribution in [2.24, 2.45) is 0 Å². The summed E-state index contributed by atoms with van der Waals surface area (Å²) in [4.78, 5) is 8.31. The molecule has 1 fully saturated rings. The minimum absolute atomic E-state index is 0. The molecule has 0 aromatic carbocycles. The number of nitrogens with one attached hydrogen (secondary N) is 1. The molecule has 0 bridgehead atoms. The minimum atomic E-state index is 0. The van der Waals surface area contributed by atoms with E-state index in [9.17, 15) is 0 Å². The predicted molar refractivity (Wildman–Crippen MR) is 66.4 cm³/mol. The highest BCUT2D eigenvalue weighted by Crippen LogP contribution is 2.17. The van der Waals surface area contributed by atoms with Gasteiger partial charge in [-0.2, -0.15) is 4.98 Å². The molecule has 7 nitrogen and oxygen atoms in total. The Kier molecular flexibility index (Phi) is 3.93. The molecule has 1 aliphatic heterocycles. The number of piperidine rings is 1. The fraction of sp³-hybridized carbons (Fsp3) is 0.600. The van der Waals surface area contributed by atoms with Crippen molar-refractivity contribution in [3.63, 3.8) is 0 Å². The maximum atomic E-state index is 5.04. The van der Waals surface area contributed by atoms with E-state index >= 15 is 0 Å². The maximum absolute atomic E-state index is 5.04. The van der Waals surface area contributed by atoms with Gasteiger partial charge in [-0.25, -0.2) is 9.67 Å². The molecule has 3 rings (SSSR count). The zero-order valence-corrected chi connectivity index (χ0v) is 10.9. The Balaban J connectivity index is 0.00000120. The van der Waals surface area contributed by atoms with Gasteiger partial charge in [0, 0.05) is 6.54 Å². The molecule has 1 unspecified atom stereocenters. The SMILES string of the molecule is Cc1noc(-c2ncn(C3CCCNC3)n2)n1.Cl. The summed E-state index contributed by atoms with van der Waals surface area (Å²) in [6.07, 6.45) is 4.02. The molecule has 1 atom stereocenters. The smallest absolute Gasteiger partial charge is 0.297 e. The second-order valence-electron chi connectivity index (χ2n) is 4.20. The number of nitrogens with zero attached hydrogens (tertiary/aromatic N) is 5. The molecular weight excluding hydrogens is 256 g/mol. The minimum Gasteiger partial charge on any atom is -0.330 e. The molecule has 2 aromatic heterocycles. The van der Waals surface area contributed by atoms with Gasteiger partial charge in [0.1, 0.15) is 6.33 Å². The zero-order valence-electron chi connectivity index (χ0n) is 10.0. The van der Waals surface area contributed by atoms with Gasteiger partial charge in [0.05, 0.1) is 6.04 Å². The van der Waals surface area contributed by atoms with Gasteiger partial charge >= 0.3 is 0 Å². The Morgan fingerprint density at radius 1 is 1.50 bits per heavy atom. The van der Waals surface area contributed by atoms with Crippen LogP contribution in [0.15, 0.2) is 10.9 Å². The van der Waals surface area contributed by atoms with Crippen LogP contribution < -0.4 is 5.32 Å². The normalized spacial score (nSPS) is 19.5. The molecule has 0 aliphatic carbocycles. The Hall–Kier alpha value is -1.47. The predicted octanol–water partition coefficient (Wildman–Crippen LogP) is 0.983. The lowest BCUT2D eigenvalue weighted by Gasteiger charge is -2.22. The molecule has 1 saturated heterocycles. The van der Waals surface area contributed by atoms with Crippen molar-refractivity contribution in [1.29, 1.82) is 0 Å². The van der Waals surface area contributed by atoms with Crippen molar-refractivity contribution < 1.29 is 4.52 Å². The molecule has 0 radical (unpaired) electrons. The lowest BCUT2D eigenvalue weighted by Crippen LogP contribution is -2.31. The molecule has 8 heteroatoms. The van der Waals surface area contributed by atoms with E-state index in [1.165, 1.54) is 6.42 Å². The molecule has 1 N–H and O–H groups in total. The quantitative estimate of drug-likeness (QED) is 0.876. The summed E-state index contributed by atoms with van der Waals surface area (Å²) in [5, 5.41) is 11.5. The summed E-state index contributed by atoms with van der Waals surface area (Å²) in [5.74, 6) is 1.47. The molecule has 0 spiro atoms. The summed E-state index contributed by atoms with van der Waals surface area (Å²) < 4.78 is 6.91. The second-order valence-corrected chi connectivity index (χ2v) is 4.20. The first-order valence-electron chi connectivity index (χ1n) is 5.75. The molecule has 18 heavy (non-hydrogen) atoms. The zero-order chi connectivity index (χ0) is 11.7. The van der Waals surface area contributed by atoms with Crippen LogP contribution in [-0.2, 0) is 0 Å². The van der Waals surface area contributed by atoms with Crippen LogP contribution in [-0.4, -0.2) is 38.0 Å². The van der Waals surface area contributed by atoms with E-state index in [1.54, 1.807) is 13.3 Å². The van der Waals surface area contributed by atoms with Crippen LogP contribution in [0.3, 0.4) is 0 Å². The molecule has 1 aliphatic rings. The molecule has 3 heterocycles. The van der Waals surface area contributed by atoms with Crippen LogP contribution in [0, 0.1) is 6.92 Å². The van der Waals surface area contributed by atoms with Gasteiger partial charge in [0.15, 0.2) is 5.82 Å². The topological polar surface area (TPSA) is 81.7 Å². The van der Waals surface area contributed by atoms with Crippen LogP contribution >= 0.6 is 12.4 Å². The van der Waals surface area contributed by atoms with Crippen molar-refractivity contribution in [3.05, 3.63) is 12.2 Å². The summed E-state index contributed by atoms with van der Waals surface area (Å²) in [7, 11) is 0. The van der Waals surface area contributed by atoms with Crippen LogP contribution in [0.1, 0.15) is 24.7 Å². The van der Waals surface area contributed by atoms with Crippen molar-refractivity contribution in [2.75, 3.05) is 13.1 Å². The number of halogens is 1. The van der Waals surface area contributed by atoms with E-state index in [1.807, 2.05) is 4.68 Å². The first-order chi connectivity index (χ1) is 8.33. The van der Waals surface area contributed by atoms with E-state index in [0.29, 0.717) is 23.6 Å². The van der Waals surface area contributed by atoms with Crippen LogP contribution in [0.4, 0.5) is 0 Å². The van der Waals surface area contributed by atoms with Crippen LogP contribution in [0.25, 0.3) is 11.7 Å². The molecule has 98 valence electrons. The lowest BCUT2D eigenvalue weighted by molar-refractivity contribution is 0.345. The van der Waals surface area contributed by atoms with Gasteiger partial charge in [-0.15, -0.1) is 17.5 Å². The van der Waals surface area contributed by atoms with Crippen LogP contribution in [0.2, 0.25) is 0 Å². The highest BCUT2D eigenvalue weighted by Gasteiger charge is 2.18. The molecule has 2 aromatic rings. The van der Waals surface area contributed by atoms with Crippen molar-refractivity contribution in [3.8, 4) is 11.7 Å². The van der Waals surface area contributed by atoms with E-state index in [-0.39, 0.29) is 12.4 Å². The maximum Gasteiger partial charge on any atom is 0.297 e. The standard InChI is InChI=1S/C10H14N6O.ClH/c1-7-13-10(17-15-7)9-12-6-16(14-9)8-3-2-4-11-5-8;/h6,8,11H,2-5H2,1H3;1H. The van der Waals surface area contributed by atoms with E-state index in [2.05, 4.69) is 25.5 Å². The lowest BCUT2D eigenvalue weighted by atomic mass is 10.1. The van der Waals surface area contributed by atoms with Crippen LogP contribution in [0.5, 0.6) is 0 Å². The highest BCUT2D eigenvalue weighted by atomic mass is 35.5. The molecule has 0 saturated carbocycles. The van der Waals surface area contributed by atoms with Crippen molar-refractivity contribution in [2.45, 2.75) is 25.8 Å². The number of hydrogen-bond donors (Lipinski definition) is 1. The summed E-state index contributed by atoms with van der Waals surface area (Å²) in [6, 6.07) is 0.369. The van der Waals surface area contributed by atoms with Crippen molar-refractivity contribution >= 4 is 12.4 Å². The summed E-state index contributed by atoms with van der Waals surface area (Å²) in [6.45, 7) is 3.79. The monoisotopic (exact) mass is 270 g/mol. The third-order valence-electron chi connectivity index (χ3n) is 2.87. The average molecular weight is 271 g/mol. The fourth-order valence-electron chi connectivity index (χ4n) is 2.00. The Labute approximate surface area is 110 Å². The van der Waals surface area contributed by atoms with Crippen molar-refractivity contribution in [1.82, 2.24) is 30.2 Å². The third-order valence-corrected chi connectivity index (χ3v) is 2.87. The van der Waals surface area contributed by atoms with Gasteiger partial charge in [-0.1, -0.05) is 5.16 Å². The average Bonchev–Trinajstić information content (AvgIpc) is 2.98. The van der Waals surface area contributed by atoms with E-state index in [0.717, 1.165) is 19.5 Å². The summed E-state index contributed by atoms with van der Waals surface area (Å²) in [5.41, 5.74) is 0. The third kappa shape index (κ3) is 2.51. The Bertz CT molecular complexity index is 504. The van der Waals surface area contributed by atoms with Gasteiger partial charge in [-0.05, 0) is 26.3 Å². The van der Waals surface area contributed by atoms with E-state index in [4.69, 9.17) is 4.52 Å². The Morgan fingerprint density at radius 3 is 3.06 bits per heavy atom. The number of aromatic nitrogens is 5. The fourth-order valence-corrected chi connectivity index (χ4v) is 2.00. The first kappa shape index (κ1) is 13.0. The first-order valence-corrected chi connectivity index (χ1v) is 5.75. The number of rotatable bonds is 2. The Morgan fingerprint density at radius 2 is 2.39 bits per heavy atom.